The molecule has 0 radical (unpaired) electrons. The fourth-order valence-corrected chi connectivity index (χ4v) is 3.55. The number of esters is 1. The molecule has 2 aromatic rings. The molecule has 0 N–H and O–H groups in total. The van der Waals surface area contributed by atoms with Crippen LogP contribution in [-0.2, 0) is 14.3 Å². The molecule has 1 amide bonds. The van der Waals surface area contributed by atoms with Gasteiger partial charge < -0.3 is 19.3 Å². The number of amides is 1. The second-order valence-electron chi connectivity index (χ2n) is 7.42. The van der Waals surface area contributed by atoms with Crippen LogP contribution in [0.15, 0.2) is 42.5 Å². The summed E-state index contributed by atoms with van der Waals surface area (Å²) in [6.07, 6.45) is -0.873. The number of nitrogens with zero attached hydrogens (tertiary/aromatic N) is 3. The van der Waals surface area contributed by atoms with Crippen molar-refractivity contribution in [2.75, 3.05) is 37.7 Å². The summed E-state index contributed by atoms with van der Waals surface area (Å²) in [5.41, 5.74) is 1.69. The predicted molar refractivity (Wildman–Crippen MR) is 119 cm³/mol. The van der Waals surface area contributed by atoms with Crippen molar-refractivity contribution in [1.82, 2.24) is 4.90 Å². The minimum Gasteiger partial charge on any atom is -0.479 e. The summed E-state index contributed by atoms with van der Waals surface area (Å²) in [7, 11) is 0. The number of non-ortho nitro benzene ring substituents is 1. The van der Waals surface area contributed by atoms with Gasteiger partial charge in [0.05, 0.1) is 4.92 Å². The number of rotatable bonds is 7. The number of carbonyl (C=O) groups excluding carboxylic acids is 2. The fourth-order valence-electron chi connectivity index (χ4n) is 3.32. The Kier molecular flexibility index (Phi) is 7.53. The summed E-state index contributed by atoms with van der Waals surface area (Å²) in [4.78, 5) is 38.7. The molecule has 3 rings (SSSR count). The molecule has 1 heterocycles. The maximum absolute atomic E-state index is 12.4. The fraction of sp³-hybridized carbons (Fsp3) is 0.364. The second-order valence-corrected chi connectivity index (χ2v) is 7.86. The quantitative estimate of drug-likeness (QED) is 0.354. The molecule has 0 spiro atoms. The molecule has 9 nitrogen and oxygen atoms in total. The Bertz CT molecular complexity index is 990. The lowest BCUT2D eigenvalue weighted by Crippen LogP contribution is -2.50. The molecule has 1 atom stereocenters. The lowest BCUT2D eigenvalue weighted by Gasteiger charge is -2.36. The summed E-state index contributed by atoms with van der Waals surface area (Å²) >= 11 is 5.92. The Balaban J connectivity index is 1.44. The van der Waals surface area contributed by atoms with Gasteiger partial charge in [0, 0.05) is 49.0 Å². The van der Waals surface area contributed by atoms with Crippen molar-refractivity contribution in [3.05, 3.63) is 63.2 Å². The van der Waals surface area contributed by atoms with Crippen molar-refractivity contribution in [3.63, 3.8) is 0 Å². The van der Waals surface area contributed by atoms with E-state index in [9.17, 15) is 19.7 Å². The number of ether oxygens (including phenoxy) is 2. The molecule has 0 aromatic heterocycles. The maximum atomic E-state index is 12.4. The summed E-state index contributed by atoms with van der Waals surface area (Å²) in [5, 5.41) is 11.3. The zero-order valence-corrected chi connectivity index (χ0v) is 18.6. The zero-order chi connectivity index (χ0) is 23.3. The number of hydrogen-bond acceptors (Lipinski definition) is 7. The lowest BCUT2D eigenvalue weighted by molar-refractivity contribution is -0.384. The highest BCUT2D eigenvalue weighted by Gasteiger charge is 2.24. The van der Waals surface area contributed by atoms with E-state index < -0.39 is 17.0 Å². The van der Waals surface area contributed by atoms with Crippen molar-refractivity contribution in [2.45, 2.75) is 20.0 Å². The molecule has 0 aliphatic carbocycles. The van der Waals surface area contributed by atoms with Crippen LogP contribution in [0.1, 0.15) is 12.5 Å². The summed E-state index contributed by atoms with van der Waals surface area (Å²) in [6, 6.07) is 11.4. The van der Waals surface area contributed by atoms with Crippen LogP contribution in [0, 0.1) is 17.0 Å². The van der Waals surface area contributed by atoms with Gasteiger partial charge in [0.15, 0.2) is 12.7 Å². The molecule has 170 valence electrons. The predicted octanol–water partition coefficient (Wildman–Crippen LogP) is 3.22. The molecule has 1 aliphatic rings. The standard InChI is InChI=1S/C22H24ClN3O6/c1-15-13-17(23)3-8-20(15)32-16(2)22(28)31-14-21(27)25-11-9-24(10-12-25)18-4-6-19(7-5-18)26(29)30/h3-8,13,16H,9-12,14H2,1-2H3. The molecule has 32 heavy (non-hydrogen) atoms. The molecule has 0 saturated carbocycles. The molecular weight excluding hydrogens is 438 g/mol. The average molecular weight is 462 g/mol. The van der Waals surface area contributed by atoms with Crippen LogP contribution < -0.4 is 9.64 Å². The first-order valence-electron chi connectivity index (χ1n) is 10.1. The van der Waals surface area contributed by atoms with Gasteiger partial charge in [0.2, 0.25) is 0 Å². The SMILES string of the molecule is Cc1cc(Cl)ccc1OC(C)C(=O)OCC(=O)N1CCN(c2ccc([N+](=O)[O-])cc2)CC1. The zero-order valence-electron chi connectivity index (χ0n) is 17.8. The van der Waals surface area contributed by atoms with E-state index in [1.54, 1.807) is 42.2 Å². The van der Waals surface area contributed by atoms with Gasteiger partial charge in [0.1, 0.15) is 5.75 Å². The highest BCUT2D eigenvalue weighted by molar-refractivity contribution is 6.30. The molecule has 0 bridgehead atoms. The van der Waals surface area contributed by atoms with Gasteiger partial charge >= 0.3 is 5.97 Å². The average Bonchev–Trinajstić information content (AvgIpc) is 2.79. The number of halogens is 1. The minimum atomic E-state index is -0.873. The van der Waals surface area contributed by atoms with E-state index in [0.29, 0.717) is 37.0 Å². The number of anilines is 1. The normalized spacial score (nSPS) is 14.6. The largest absolute Gasteiger partial charge is 0.479 e. The van der Waals surface area contributed by atoms with Crippen molar-refractivity contribution in [3.8, 4) is 5.75 Å². The molecule has 1 unspecified atom stereocenters. The summed E-state index contributed by atoms with van der Waals surface area (Å²) in [6.45, 7) is 5.10. The van der Waals surface area contributed by atoms with E-state index in [1.165, 1.54) is 12.1 Å². The highest BCUT2D eigenvalue weighted by Crippen LogP contribution is 2.23. The van der Waals surface area contributed by atoms with Crippen LogP contribution in [0.25, 0.3) is 0 Å². The Labute approximate surface area is 190 Å². The minimum absolute atomic E-state index is 0.0359. The molecule has 2 aromatic carbocycles. The van der Waals surface area contributed by atoms with E-state index in [0.717, 1.165) is 11.3 Å². The van der Waals surface area contributed by atoms with Crippen LogP contribution in [0.5, 0.6) is 5.75 Å². The van der Waals surface area contributed by atoms with Gasteiger partial charge in [-0.15, -0.1) is 0 Å². The molecule has 1 aliphatic heterocycles. The Morgan fingerprint density at radius 1 is 1.12 bits per heavy atom. The van der Waals surface area contributed by atoms with E-state index in [1.807, 2.05) is 11.8 Å². The van der Waals surface area contributed by atoms with Crippen LogP contribution in [0.2, 0.25) is 5.02 Å². The van der Waals surface area contributed by atoms with Gasteiger partial charge in [-0.3, -0.25) is 14.9 Å². The van der Waals surface area contributed by atoms with Gasteiger partial charge in [-0.2, -0.15) is 0 Å². The third-order valence-corrected chi connectivity index (χ3v) is 5.40. The third kappa shape index (κ3) is 5.88. The maximum Gasteiger partial charge on any atom is 0.347 e. The smallest absolute Gasteiger partial charge is 0.347 e. The molecule has 10 heteroatoms. The molecule has 1 saturated heterocycles. The molecule has 1 fully saturated rings. The third-order valence-electron chi connectivity index (χ3n) is 5.17. The van der Waals surface area contributed by atoms with E-state index in [-0.39, 0.29) is 18.2 Å². The van der Waals surface area contributed by atoms with Gasteiger partial charge in [0.25, 0.3) is 11.6 Å². The van der Waals surface area contributed by atoms with Crippen LogP contribution in [0.4, 0.5) is 11.4 Å². The van der Waals surface area contributed by atoms with Crippen LogP contribution in [0.3, 0.4) is 0 Å². The van der Waals surface area contributed by atoms with Crippen LogP contribution in [-0.4, -0.2) is 60.6 Å². The first kappa shape index (κ1) is 23.3. The Morgan fingerprint density at radius 2 is 1.78 bits per heavy atom. The van der Waals surface area contributed by atoms with Crippen LogP contribution >= 0.6 is 11.6 Å². The highest BCUT2D eigenvalue weighted by atomic mass is 35.5. The van der Waals surface area contributed by atoms with E-state index >= 15 is 0 Å². The number of aryl methyl sites for hydroxylation is 1. The summed E-state index contributed by atoms with van der Waals surface area (Å²) < 4.78 is 10.8. The first-order valence-corrected chi connectivity index (χ1v) is 10.5. The number of piperazine rings is 1. The molecular formula is C22H24ClN3O6. The van der Waals surface area contributed by atoms with Gasteiger partial charge in [-0.25, -0.2) is 4.79 Å². The first-order chi connectivity index (χ1) is 15.2. The number of nitro benzene ring substituents is 1. The number of nitro groups is 1. The van der Waals surface area contributed by atoms with Gasteiger partial charge in [-0.1, -0.05) is 11.6 Å². The van der Waals surface area contributed by atoms with E-state index in [4.69, 9.17) is 21.1 Å². The lowest BCUT2D eigenvalue weighted by atomic mass is 10.2. The number of carbonyl (C=O) groups is 2. The Morgan fingerprint density at radius 3 is 2.38 bits per heavy atom. The van der Waals surface area contributed by atoms with Gasteiger partial charge in [-0.05, 0) is 49.7 Å². The second kappa shape index (κ2) is 10.3. The van der Waals surface area contributed by atoms with Crippen molar-refractivity contribution in [1.29, 1.82) is 0 Å². The number of benzene rings is 2. The number of hydrogen-bond donors (Lipinski definition) is 0. The Hall–Kier alpha value is -3.33. The van der Waals surface area contributed by atoms with E-state index in [2.05, 4.69) is 0 Å². The topological polar surface area (TPSA) is 102 Å². The van der Waals surface area contributed by atoms with Crippen molar-refractivity contribution in [2.24, 2.45) is 0 Å². The van der Waals surface area contributed by atoms with Crippen molar-refractivity contribution >= 4 is 34.9 Å². The summed E-state index contributed by atoms with van der Waals surface area (Å²) in [5.74, 6) is -0.388. The van der Waals surface area contributed by atoms with Crippen molar-refractivity contribution < 1.29 is 24.0 Å². The monoisotopic (exact) mass is 461 g/mol.